The first-order valence-electron chi connectivity index (χ1n) is 5.52. The van der Waals surface area contributed by atoms with Gasteiger partial charge in [0, 0.05) is 24.6 Å². The lowest BCUT2D eigenvalue weighted by Gasteiger charge is -2.10. The predicted molar refractivity (Wildman–Crippen MR) is 82.6 cm³/mol. The van der Waals surface area contributed by atoms with Gasteiger partial charge >= 0.3 is 5.69 Å². The van der Waals surface area contributed by atoms with Gasteiger partial charge in [-0.15, -0.1) is 11.3 Å². The third-order valence-corrected chi connectivity index (χ3v) is 4.92. The first kappa shape index (κ1) is 13.8. The van der Waals surface area contributed by atoms with Crippen molar-refractivity contribution in [3.05, 3.63) is 32.3 Å². The number of aryl methyl sites for hydroxylation is 1. The number of thiophene rings is 1. The molecule has 0 amide bonds. The van der Waals surface area contributed by atoms with Gasteiger partial charge in [-0.2, -0.15) is 25.3 Å². The van der Waals surface area contributed by atoms with Crippen molar-refractivity contribution >= 4 is 46.8 Å². The number of aromatic nitrogens is 2. The van der Waals surface area contributed by atoms with Crippen molar-refractivity contribution in [3.8, 4) is 0 Å². The van der Waals surface area contributed by atoms with Crippen molar-refractivity contribution in [1.82, 2.24) is 9.13 Å². The third-order valence-electron chi connectivity index (χ3n) is 2.86. The molecule has 0 radical (unpaired) electrons. The van der Waals surface area contributed by atoms with Crippen molar-refractivity contribution < 1.29 is 0 Å². The zero-order valence-electron chi connectivity index (χ0n) is 9.87. The van der Waals surface area contributed by atoms with Gasteiger partial charge in [0.2, 0.25) is 0 Å². The van der Waals surface area contributed by atoms with Gasteiger partial charge < -0.3 is 0 Å². The van der Waals surface area contributed by atoms with E-state index >= 15 is 0 Å². The highest BCUT2D eigenvalue weighted by molar-refractivity contribution is 7.84. The van der Waals surface area contributed by atoms with Crippen LogP contribution in [0.5, 0.6) is 0 Å². The molecule has 4 nitrogen and oxygen atoms in total. The molecular weight excluding hydrogens is 288 g/mol. The number of rotatable bonds is 4. The maximum absolute atomic E-state index is 12.2. The minimum absolute atomic E-state index is 0.0870. The summed E-state index contributed by atoms with van der Waals surface area (Å²) in [5, 5.41) is 1.91. The summed E-state index contributed by atoms with van der Waals surface area (Å²) in [6, 6.07) is 1.79. The number of thiol groups is 2. The fourth-order valence-corrected chi connectivity index (χ4v) is 2.95. The van der Waals surface area contributed by atoms with Crippen LogP contribution in [0.25, 0.3) is 10.2 Å². The fourth-order valence-electron chi connectivity index (χ4n) is 1.79. The standard InChI is InChI=1S/C11H14N2O2S3/c1-12-8-3-5-18-9(8)10(14)13(11(12)15)4-2-7(17)6-16/h3,5,7,16-17H,2,4,6H2,1H3. The molecule has 1 atom stereocenters. The SMILES string of the molecule is Cn1c(=O)n(CCC(S)CS)c(=O)c2sccc21. The Hall–Kier alpha value is -0.660. The summed E-state index contributed by atoms with van der Waals surface area (Å²) in [7, 11) is 1.68. The van der Waals surface area contributed by atoms with Crippen LogP contribution in [0.2, 0.25) is 0 Å². The topological polar surface area (TPSA) is 44.0 Å². The molecule has 0 aliphatic heterocycles. The average Bonchev–Trinajstić information content (AvgIpc) is 2.85. The van der Waals surface area contributed by atoms with Crippen molar-refractivity contribution in [2.24, 2.45) is 7.05 Å². The van der Waals surface area contributed by atoms with E-state index in [2.05, 4.69) is 25.3 Å². The molecule has 1 unspecified atom stereocenters. The minimum Gasteiger partial charge on any atom is -0.295 e. The zero-order chi connectivity index (χ0) is 13.3. The van der Waals surface area contributed by atoms with Crippen molar-refractivity contribution in [2.45, 2.75) is 18.2 Å². The van der Waals surface area contributed by atoms with E-state index in [9.17, 15) is 9.59 Å². The molecule has 18 heavy (non-hydrogen) atoms. The van der Waals surface area contributed by atoms with Gasteiger partial charge in [-0.05, 0) is 17.9 Å². The van der Waals surface area contributed by atoms with E-state index in [-0.39, 0.29) is 16.5 Å². The maximum atomic E-state index is 12.2. The molecule has 2 aromatic rings. The zero-order valence-corrected chi connectivity index (χ0v) is 12.5. The Bertz CT molecular complexity index is 671. The normalized spacial score (nSPS) is 13.1. The molecule has 2 rings (SSSR count). The molecule has 2 aromatic heterocycles. The Balaban J connectivity index is 2.50. The predicted octanol–water partition coefficient (Wildman–Crippen LogP) is 1.38. The second-order valence-electron chi connectivity index (χ2n) is 4.06. The van der Waals surface area contributed by atoms with Gasteiger partial charge in [0.25, 0.3) is 5.56 Å². The molecule has 0 saturated carbocycles. The molecule has 0 spiro atoms. The summed E-state index contributed by atoms with van der Waals surface area (Å²) in [5.41, 5.74) is 0.219. The Morgan fingerprint density at radius 3 is 2.83 bits per heavy atom. The van der Waals surface area contributed by atoms with Crippen LogP contribution in [0.1, 0.15) is 6.42 Å². The van der Waals surface area contributed by atoms with Crippen LogP contribution in [0.15, 0.2) is 21.0 Å². The first-order chi connectivity index (χ1) is 8.56. The van der Waals surface area contributed by atoms with Gasteiger partial charge in [-0.3, -0.25) is 13.9 Å². The molecule has 7 heteroatoms. The van der Waals surface area contributed by atoms with Gasteiger partial charge in [-0.1, -0.05) is 0 Å². The first-order valence-corrected chi connectivity index (χ1v) is 7.55. The van der Waals surface area contributed by atoms with E-state index in [1.54, 1.807) is 13.1 Å². The summed E-state index contributed by atoms with van der Waals surface area (Å²) in [6.45, 7) is 0.383. The second kappa shape index (κ2) is 5.54. The quantitative estimate of drug-likeness (QED) is 0.838. The summed E-state index contributed by atoms with van der Waals surface area (Å²) in [5.74, 6) is 0.624. The summed E-state index contributed by atoms with van der Waals surface area (Å²) < 4.78 is 3.42. The highest BCUT2D eigenvalue weighted by Crippen LogP contribution is 2.14. The van der Waals surface area contributed by atoms with E-state index < -0.39 is 0 Å². The maximum Gasteiger partial charge on any atom is 0.331 e. The Kier molecular flexibility index (Phi) is 4.24. The fraction of sp³-hybridized carbons (Fsp3) is 0.455. The van der Waals surface area contributed by atoms with Crippen molar-refractivity contribution in [3.63, 3.8) is 0 Å². The summed E-state index contributed by atoms with van der Waals surface area (Å²) >= 11 is 9.82. The molecule has 98 valence electrons. The third kappa shape index (κ3) is 2.39. The van der Waals surface area contributed by atoms with Crippen LogP contribution in [0, 0.1) is 0 Å². The van der Waals surface area contributed by atoms with Crippen LogP contribution < -0.4 is 11.2 Å². The lowest BCUT2D eigenvalue weighted by molar-refractivity contribution is 0.577. The monoisotopic (exact) mass is 302 g/mol. The van der Waals surface area contributed by atoms with E-state index in [0.717, 1.165) is 0 Å². The van der Waals surface area contributed by atoms with Crippen LogP contribution in [-0.4, -0.2) is 20.1 Å². The molecule has 0 N–H and O–H groups in total. The van der Waals surface area contributed by atoms with E-state index in [1.807, 2.05) is 5.38 Å². The molecule has 0 aliphatic rings. The van der Waals surface area contributed by atoms with Gasteiger partial charge in [-0.25, -0.2) is 4.79 Å². The minimum atomic E-state index is -0.273. The van der Waals surface area contributed by atoms with Gasteiger partial charge in [0.15, 0.2) is 0 Å². The van der Waals surface area contributed by atoms with E-state index in [4.69, 9.17) is 0 Å². The van der Waals surface area contributed by atoms with Gasteiger partial charge in [0.05, 0.1) is 5.52 Å². The molecule has 0 aromatic carbocycles. The van der Waals surface area contributed by atoms with E-state index in [1.165, 1.54) is 20.5 Å². The summed E-state index contributed by atoms with van der Waals surface area (Å²) in [6.07, 6.45) is 0.651. The Labute approximate surface area is 119 Å². The largest absolute Gasteiger partial charge is 0.331 e. The lowest BCUT2D eigenvalue weighted by Crippen LogP contribution is -2.39. The number of fused-ring (bicyclic) bond motifs is 1. The van der Waals surface area contributed by atoms with Gasteiger partial charge in [0.1, 0.15) is 4.70 Å². The molecule has 0 bridgehead atoms. The van der Waals surface area contributed by atoms with Crippen LogP contribution in [-0.2, 0) is 13.6 Å². The van der Waals surface area contributed by atoms with Crippen molar-refractivity contribution in [2.75, 3.05) is 5.75 Å². The Morgan fingerprint density at radius 1 is 1.44 bits per heavy atom. The average molecular weight is 302 g/mol. The number of nitrogens with zero attached hydrogens (tertiary/aromatic N) is 2. The van der Waals surface area contributed by atoms with Crippen LogP contribution >= 0.6 is 36.6 Å². The highest BCUT2D eigenvalue weighted by Gasteiger charge is 2.12. The van der Waals surface area contributed by atoms with Crippen LogP contribution in [0.4, 0.5) is 0 Å². The second-order valence-corrected chi connectivity index (χ2v) is 6.07. The number of hydrogen-bond donors (Lipinski definition) is 2. The highest BCUT2D eigenvalue weighted by atomic mass is 32.1. The van der Waals surface area contributed by atoms with E-state index in [0.29, 0.717) is 28.9 Å². The lowest BCUT2D eigenvalue weighted by atomic mass is 10.3. The van der Waals surface area contributed by atoms with Crippen molar-refractivity contribution in [1.29, 1.82) is 0 Å². The molecule has 0 saturated heterocycles. The Morgan fingerprint density at radius 2 is 2.17 bits per heavy atom. The van der Waals surface area contributed by atoms with Crippen LogP contribution in [0.3, 0.4) is 0 Å². The molecule has 0 fully saturated rings. The molecular formula is C11H14N2O2S3. The smallest absolute Gasteiger partial charge is 0.295 e. The molecule has 0 aliphatic carbocycles. The molecule has 2 heterocycles. The summed E-state index contributed by atoms with van der Waals surface area (Å²) in [4.78, 5) is 24.3. The number of hydrogen-bond acceptors (Lipinski definition) is 5.